The van der Waals surface area contributed by atoms with Crippen LogP contribution in [0, 0.1) is 0 Å². The number of nitrogens with one attached hydrogen (secondary N) is 3. The largest absolute Gasteiger partial charge is 0.378 e. The summed E-state index contributed by atoms with van der Waals surface area (Å²) in [4.78, 5) is 25.4. The molecule has 0 aromatic heterocycles. The highest BCUT2D eigenvalue weighted by molar-refractivity contribution is 5.92. The number of hydrogen-bond donors (Lipinski definition) is 3. The van der Waals surface area contributed by atoms with Crippen LogP contribution in [0.5, 0.6) is 0 Å². The lowest BCUT2D eigenvalue weighted by molar-refractivity contribution is -0.115. The normalized spacial score (nSPS) is 10.2. The Morgan fingerprint density at radius 1 is 0.889 bits per heavy atom. The molecule has 0 heterocycles. The Balaban J connectivity index is 1.69. The molecule has 2 rings (SSSR count). The van der Waals surface area contributed by atoms with Gasteiger partial charge in [0.05, 0.1) is 0 Å². The minimum absolute atomic E-state index is 0.0372. The maximum Gasteiger partial charge on any atom is 0.319 e. The SMILES string of the molecule is CCC(=O)Nc1ccc(NC(=O)NCCCc2ccc(N(C)C)cc2)cc1. The van der Waals surface area contributed by atoms with Gasteiger partial charge in [-0.1, -0.05) is 19.1 Å². The molecule has 144 valence electrons. The third-order valence-corrected chi connectivity index (χ3v) is 4.13. The van der Waals surface area contributed by atoms with Gasteiger partial charge >= 0.3 is 6.03 Å². The van der Waals surface area contributed by atoms with E-state index in [1.807, 2.05) is 14.1 Å². The van der Waals surface area contributed by atoms with E-state index in [4.69, 9.17) is 0 Å². The Morgan fingerprint density at radius 2 is 1.48 bits per heavy atom. The fraction of sp³-hybridized carbons (Fsp3) is 0.333. The van der Waals surface area contributed by atoms with Crippen molar-refractivity contribution in [2.24, 2.45) is 0 Å². The van der Waals surface area contributed by atoms with Crippen LogP contribution >= 0.6 is 0 Å². The van der Waals surface area contributed by atoms with Crippen molar-refractivity contribution in [1.82, 2.24) is 5.32 Å². The second-order valence-electron chi connectivity index (χ2n) is 6.52. The number of benzene rings is 2. The van der Waals surface area contributed by atoms with Gasteiger partial charge in [-0.05, 0) is 54.8 Å². The number of aryl methyl sites for hydroxylation is 1. The number of anilines is 3. The average Bonchev–Trinajstić information content (AvgIpc) is 2.67. The predicted octanol–water partition coefficient (Wildman–Crippen LogP) is 3.86. The zero-order valence-corrected chi connectivity index (χ0v) is 16.2. The molecule has 0 saturated carbocycles. The van der Waals surface area contributed by atoms with Crippen molar-refractivity contribution < 1.29 is 9.59 Å². The van der Waals surface area contributed by atoms with E-state index in [1.165, 1.54) is 11.3 Å². The van der Waals surface area contributed by atoms with E-state index in [1.54, 1.807) is 31.2 Å². The molecule has 0 aliphatic rings. The van der Waals surface area contributed by atoms with Gasteiger partial charge < -0.3 is 20.9 Å². The minimum Gasteiger partial charge on any atom is -0.378 e. The van der Waals surface area contributed by atoms with Crippen molar-refractivity contribution in [3.05, 3.63) is 54.1 Å². The molecule has 27 heavy (non-hydrogen) atoms. The van der Waals surface area contributed by atoms with Gasteiger partial charge in [0.15, 0.2) is 0 Å². The Morgan fingerprint density at radius 3 is 2.04 bits per heavy atom. The summed E-state index contributed by atoms with van der Waals surface area (Å²) in [7, 11) is 4.04. The van der Waals surface area contributed by atoms with Crippen LogP contribution in [-0.4, -0.2) is 32.6 Å². The third-order valence-electron chi connectivity index (χ3n) is 4.13. The molecule has 3 amide bonds. The zero-order valence-electron chi connectivity index (χ0n) is 16.2. The first-order valence-electron chi connectivity index (χ1n) is 9.19. The van der Waals surface area contributed by atoms with Crippen LogP contribution in [0.2, 0.25) is 0 Å². The highest BCUT2D eigenvalue weighted by Gasteiger charge is 2.03. The Labute approximate surface area is 161 Å². The molecule has 0 atom stereocenters. The van der Waals surface area contributed by atoms with Crippen molar-refractivity contribution in [1.29, 1.82) is 0 Å². The third kappa shape index (κ3) is 7.01. The number of amides is 3. The Kier molecular flexibility index (Phi) is 7.67. The first-order chi connectivity index (χ1) is 13.0. The number of urea groups is 1. The van der Waals surface area contributed by atoms with Gasteiger partial charge in [-0.2, -0.15) is 0 Å². The molecule has 2 aromatic rings. The van der Waals surface area contributed by atoms with E-state index in [0.717, 1.165) is 12.8 Å². The molecular formula is C21H28N4O2. The van der Waals surface area contributed by atoms with Crippen molar-refractivity contribution in [2.45, 2.75) is 26.2 Å². The number of hydrogen-bond acceptors (Lipinski definition) is 3. The predicted molar refractivity (Wildman–Crippen MR) is 111 cm³/mol. The molecule has 0 unspecified atom stereocenters. The van der Waals surface area contributed by atoms with Crippen LogP contribution < -0.4 is 20.9 Å². The van der Waals surface area contributed by atoms with E-state index in [-0.39, 0.29) is 11.9 Å². The van der Waals surface area contributed by atoms with Crippen molar-refractivity contribution in [2.75, 3.05) is 36.2 Å². The van der Waals surface area contributed by atoms with Crippen molar-refractivity contribution in [3.63, 3.8) is 0 Å². The lowest BCUT2D eigenvalue weighted by Gasteiger charge is -2.12. The molecule has 0 aliphatic heterocycles. The maximum absolute atomic E-state index is 12.0. The second-order valence-corrected chi connectivity index (χ2v) is 6.52. The van der Waals surface area contributed by atoms with Gasteiger partial charge in [0.25, 0.3) is 0 Å². The fourth-order valence-electron chi connectivity index (χ4n) is 2.52. The standard InChI is InChI=1S/C21H28N4O2/c1-4-20(26)23-17-9-11-18(12-10-17)24-21(27)22-15-5-6-16-7-13-19(14-8-16)25(2)3/h7-14H,4-6,15H2,1-3H3,(H,23,26)(H2,22,24,27). The van der Waals surface area contributed by atoms with E-state index in [0.29, 0.717) is 24.3 Å². The summed E-state index contributed by atoms with van der Waals surface area (Å²) in [5.41, 5.74) is 3.83. The molecular weight excluding hydrogens is 340 g/mol. The van der Waals surface area contributed by atoms with E-state index >= 15 is 0 Å². The van der Waals surface area contributed by atoms with E-state index < -0.39 is 0 Å². The maximum atomic E-state index is 12.0. The van der Waals surface area contributed by atoms with Crippen molar-refractivity contribution >= 4 is 29.0 Å². The van der Waals surface area contributed by atoms with Crippen LogP contribution in [0.15, 0.2) is 48.5 Å². The Bertz CT molecular complexity index is 740. The number of carbonyl (C=O) groups excluding carboxylic acids is 2. The molecule has 6 nitrogen and oxygen atoms in total. The number of carbonyl (C=O) groups is 2. The van der Waals surface area contributed by atoms with Gasteiger partial charge in [-0.15, -0.1) is 0 Å². The fourth-order valence-corrected chi connectivity index (χ4v) is 2.52. The van der Waals surface area contributed by atoms with E-state index in [2.05, 4.69) is 45.1 Å². The summed E-state index contributed by atoms with van der Waals surface area (Å²) in [6.07, 6.45) is 2.22. The summed E-state index contributed by atoms with van der Waals surface area (Å²) < 4.78 is 0. The molecule has 0 radical (unpaired) electrons. The van der Waals surface area contributed by atoms with Crippen LogP contribution in [-0.2, 0) is 11.2 Å². The first kappa shape index (κ1) is 20.3. The minimum atomic E-state index is -0.233. The molecule has 0 spiro atoms. The zero-order chi connectivity index (χ0) is 19.6. The summed E-state index contributed by atoms with van der Waals surface area (Å²) in [5, 5.41) is 8.41. The molecule has 0 bridgehead atoms. The molecule has 2 aromatic carbocycles. The van der Waals surface area contributed by atoms with E-state index in [9.17, 15) is 9.59 Å². The summed E-state index contributed by atoms with van der Waals surface area (Å²) in [5.74, 6) is -0.0372. The van der Waals surface area contributed by atoms with Crippen molar-refractivity contribution in [3.8, 4) is 0 Å². The van der Waals surface area contributed by atoms with Gasteiger partial charge in [0, 0.05) is 44.1 Å². The molecule has 0 fully saturated rings. The number of rotatable bonds is 8. The summed E-state index contributed by atoms with van der Waals surface area (Å²) in [6, 6.07) is 15.3. The van der Waals surface area contributed by atoms with Gasteiger partial charge in [0.2, 0.25) is 5.91 Å². The van der Waals surface area contributed by atoms with Crippen LogP contribution in [0.1, 0.15) is 25.3 Å². The summed E-state index contributed by atoms with van der Waals surface area (Å²) >= 11 is 0. The highest BCUT2D eigenvalue weighted by Crippen LogP contribution is 2.14. The molecule has 0 saturated heterocycles. The van der Waals surface area contributed by atoms with Gasteiger partial charge in [-0.3, -0.25) is 4.79 Å². The quantitative estimate of drug-likeness (QED) is 0.620. The topological polar surface area (TPSA) is 73.5 Å². The first-order valence-corrected chi connectivity index (χ1v) is 9.19. The summed E-state index contributed by atoms with van der Waals surface area (Å²) in [6.45, 7) is 2.40. The Hall–Kier alpha value is -3.02. The van der Waals surface area contributed by atoms with Gasteiger partial charge in [0.1, 0.15) is 0 Å². The lowest BCUT2D eigenvalue weighted by atomic mass is 10.1. The van der Waals surface area contributed by atoms with Crippen LogP contribution in [0.4, 0.5) is 21.9 Å². The number of nitrogens with zero attached hydrogens (tertiary/aromatic N) is 1. The van der Waals surface area contributed by atoms with Crippen LogP contribution in [0.3, 0.4) is 0 Å². The highest BCUT2D eigenvalue weighted by atomic mass is 16.2. The molecule has 6 heteroatoms. The molecule has 0 aliphatic carbocycles. The molecule has 3 N–H and O–H groups in total. The smallest absolute Gasteiger partial charge is 0.319 e. The lowest BCUT2D eigenvalue weighted by Crippen LogP contribution is -2.29. The van der Waals surface area contributed by atoms with Crippen LogP contribution in [0.25, 0.3) is 0 Å². The monoisotopic (exact) mass is 368 g/mol. The second kappa shape index (κ2) is 10.2. The average molecular weight is 368 g/mol. The van der Waals surface area contributed by atoms with Gasteiger partial charge in [-0.25, -0.2) is 4.79 Å².